The van der Waals surface area contributed by atoms with Crippen molar-refractivity contribution >= 4 is 44.8 Å². The summed E-state index contributed by atoms with van der Waals surface area (Å²) in [5, 5.41) is 8.34. The Morgan fingerprint density at radius 2 is 2.00 bits per heavy atom. The fourth-order valence-corrected chi connectivity index (χ4v) is 4.45. The average molecular weight is 497 g/mol. The number of fused-ring (bicyclic) bond motifs is 1. The third-order valence-electron chi connectivity index (χ3n) is 4.55. The summed E-state index contributed by atoms with van der Waals surface area (Å²) >= 11 is 4.87. The van der Waals surface area contributed by atoms with Crippen molar-refractivity contribution in [3.8, 4) is 17.0 Å². The van der Waals surface area contributed by atoms with Gasteiger partial charge in [0, 0.05) is 22.4 Å². The summed E-state index contributed by atoms with van der Waals surface area (Å²) in [6.45, 7) is 4.60. The number of nitrogens with zero attached hydrogens (tertiary/aromatic N) is 3. The highest BCUT2D eigenvalue weighted by molar-refractivity contribution is 9.10. The molecule has 0 aliphatic rings. The molecule has 1 N–H and O–H groups in total. The second-order valence-corrected chi connectivity index (χ2v) is 8.69. The zero-order chi connectivity index (χ0) is 21.8. The molecule has 8 heteroatoms. The molecule has 0 fully saturated rings. The molecule has 4 rings (SSSR count). The number of carbonyl (C=O) groups is 1. The summed E-state index contributed by atoms with van der Waals surface area (Å²) in [4.78, 5) is 16.9. The van der Waals surface area contributed by atoms with Crippen LogP contribution in [-0.2, 0) is 4.79 Å². The van der Waals surface area contributed by atoms with Crippen molar-refractivity contribution in [3.05, 3.63) is 71.0 Å². The van der Waals surface area contributed by atoms with E-state index >= 15 is 0 Å². The zero-order valence-corrected chi connectivity index (χ0v) is 19.5. The maximum Gasteiger partial charge on any atom is 0.234 e. The van der Waals surface area contributed by atoms with Gasteiger partial charge in [0.05, 0.1) is 29.3 Å². The largest absolute Gasteiger partial charge is 0.494 e. The normalized spacial score (nSPS) is 10.9. The molecule has 4 aromatic rings. The molecule has 0 bridgehead atoms. The lowest BCUT2D eigenvalue weighted by atomic mass is 10.1. The van der Waals surface area contributed by atoms with E-state index in [1.54, 1.807) is 16.9 Å². The number of hydrogen-bond acceptors (Lipinski definition) is 5. The third kappa shape index (κ3) is 5.08. The lowest BCUT2D eigenvalue weighted by Crippen LogP contribution is -2.14. The molecule has 6 nitrogen and oxygen atoms in total. The summed E-state index contributed by atoms with van der Waals surface area (Å²) in [5.41, 5.74) is 4.57. The van der Waals surface area contributed by atoms with Crippen LogP contribution in [0.1, 0.15) is 12.5 Å². The van der Waals surface area contributed by atoms with E-state index in [2.05, 4.69) is 31.3 Å². The summed E-state index contributed by atoms with van der Waals surface area (Å²) in [7, 11) is 0. The number of halogens is 1. The van der Waals surface area contributed by atoms with Gasteiger partial charge in [0.25, 0.3) is 0 Å². The van der Waals surface area contributed by atoms with Crippen LogP contribution in [0.2, 0.25) is 0 Å². The Morgan fingerprint density at radius 3 is 2.74 bits per heavy atom. The topological polar surface area (TPSA) is 68.5 Å². The van der Waals surface area contributed by atoms with Gasteiger partial charge in [-0.1, -0.05) is 17.8 Å². The molecule has 0 aliphatic heterocycles. The quantitative estimate of drug-likeness (QED) is 0.337. The van der Waals surface area contributed by atoms with Crippen LogP contribution in [0, 0.1) is 6.92 Å². The number of benzene rings is 2. The van der Waals surface area contributed by atoms with Gasteiger partial charge >= 0.3 is 0 Å². The minimum Gasteiger partial charge on any atom is -0.494 e. The average Bonchev–Trinajstić information content (AvgIpc) is 3.20. The Hall–Kier alpha value is -2.84. The Labute approximate surface area is 193 Å². The Kier molecular flexibility index (Phi) is 6.58. The molecule has 0 saturated heterocycles. The SMILES string of the molecule is CCOc1ccc(-c2cc3c(SCC(=O)Nc4ccc(C)cc4Br)nccn3n2)cc1. The molecule has 158 valence electrons. The van der Waals surface area contributed by atoms with Crippen LogP contribution in [0.4, 0.5) is 5.69 Å². The summed E-state index contributed by atoms with van der Waals surface area (Å²) in [5.74, 6) is 0.986. The highest BCUT2D eigenvalue weighted by Crippen LogP contribution is 2.28. The van der Waals surface area contributed by atoms with Crippen molar-refractivity contribution in [2.45, 2.75) is 18.9 Å². The molecule has 0 spiro atoms. The number of amides is 1. The lowest BCUT2D eigenvalue weighted by Gasteiger charge is -2.08. The second-order valence-electron chi connectivity index (χ2n) is 6.87. The van der Waals surface area contributed by atoms with Crippen LogP contribution in [0.25, 0.3) is 16.8 Å². The number of rotatable bonds is 7. The third-order valence-corrected chi connectivity index (χ3v) is 6.20. The first-order valence-electron chi connectivity index (χ1n) is 9.80. The number of aryl methyl sites for hydroxylation is 1. The molecular formula is C23H21BrN4O2S. The zero-order valence-electron chi connectivity index (χ0n) is 17.1. The number of thioether (sulfide) groups is 1. The summed E-state index contributed by atoms with van der Waals surface area (Å²) in [6.07, 6.45) is 3.50. The van der Waals surface area contributed by atoms with Crippen LogP contribution in [-0.4, -0.2) is 32.9 Å². The molecule has 2 aromatic carbocycles. The van der Waals surface area contributed by atoms with E-state index < -0.39 is 0 Å². The fraction of sp³-hybridized carbons (Fsp3) is 0.174. The van der Waals surface area contributed by atoms with Crippen molar-refractivity contribution in [2.75, 3.05) is 17.7 Å². The monoisotopic (exact) mass is 496 g/mol. The van der Waals surface area contributed by atoms with Gasteiger partial charge in [-0.15, -0.1) is 0 Å². The molecule has 0 aliphatic carbocycles. The first kappa shape index (κ1) is 21.4. The van der Waals surface area contributed by atoms with Crippen LogP contribution >= 0.6 is 27.7 Å². The fourth-order valence-electron chi connectivity index (χ4n) is 3.08. The number of anilines is 1. The van der Waals surface area contributed by atoms with E-state index in [4.69, 9.17) is 4.74 Å². The van der Waals surface area contributed by atoms with Crippen LogP contribution in [0.3, 0.4) is 0 Å². The lowest BCUT2D eigenvalue weighted by molar-refractivity contribution is -0.113. The van der Waals surface area contributed by atoms with Gasteiger partial charge < -0.3 is 10.1 Å². The van der Waals surface area contributed by atoms with Gasteiger partial charge in [-0.25, -0.2) is 9.50 Å². The first-order valence-corrected chi connectivity index (χ1v) is 11.6. The summed E-state index contributed by atoms with van der Waals surface area (Å²) < 4.78 is 8.16. The van der Waals surface area contributed by atoms with Crippen LogP contribution in [0.15, 0.2) is 70.4 Å². The summed E-state index contributed by atoms with van der Waals surface area (Å²) in [6, 6.07) is 15.7. The van der Waals surface area contributed by atoms with Gasteiger partial charge in [0.1, 0.15) is 10.8 Å². The highest BCUT2D eigenvalue weighted by Gasteiger charge is 2.12. The molecule has 0 atom stereocenters. The maximum absolute atomic E-state index is 12.5. The predicted molar refractivity (Wildman–Crippen MR) is 128 cm³/mol. The Morgan fingerprint density at radius 1 is 1.19 bits per heavy atom. The van der Waals surface area contributed by atoms with Crippen LogP contribution < -0.4 is 10.1 Å². The first-order chi connectivity index (χ1) is 15.0. The highest BCUT2D eigenvalue weighted by atomic mass is 79.9. The van der Waals surface area contributed by atoms with Crippen LogP contribution in [0.5, 0.6) is 5.75 Å². The molecule has 0 unspecified atom stereocenters. The Balaban J connectivity index is 1.48. The Bertz CT molecular complexity index is 1220. The van der Waals surface area contributed by atoms with Crippen molar-refractivity contribution in [1.29, 1.82) is 0 Å². The predicted octanol–water partition coefficient (Wildman–Crippen LogP) is 5.60. The van der Waals surface area contributed by atoms with E-state index in [0.717, 1.165) is 43.3 Å². The molecule has 0 saturated carbocycles. The standard InChI is InChI=1S/C23H21BrN4O2S/c1-3-30-17-7-5-16(6-8-17)20-13-21-23(25-10-11-28(21)27-20)31-14-22(29)26-19-9-4-15(2)12-18(19)24/h4-13H,3,14H2,1-2H3,(H,26,29). The van der Waals surface area contributed by atoms with Crippen molar-refractivity contribution in [1.82, 2.24) is 14.6 Å². The number of aromatic nitrogens is 3. The van der Waals surface area contributed by atoms with Crippen molar-refractivity contribution in [2.24, 2.45) is 0 Å². The molecule has 31 heavy (non-hydrogen) atoms. The van der Waals surface area contributed by atoms with E-state index in [0.29, 0.717) is 6.61 Å². The molecule has 0 radical (unpaired) electrons. The minimum atomic E-state index is -0.0930. The maximum atomic E-state index is 12.5. The number of nitrogens with one attached hydrogen (secondary N) is 1. The van der Waals surface area contributed by atoms with Gasteiger partial charge in [0.15, 0.2) is 0 Å². The molecule has 2 heterocycles. The molecule has 2 aromatic heterocycles. The smallest absolute Gasteiger partial charge is 0.234 e. The number of ether oxygens (including phenoxy) is 1. The van der Waals surface area contributed by atoms with Gasteiger partial charge in [-0.3, -0.25) is 4.79 Å². The van der Waals surface area contributed by atoms with E-state index in [1.165, 1.54) is 11.8 Å². The van der Waals surface area contributed by atoms with Gasteiger partial charge in [-0.2, -0.15) is 5.10 Å². The van der Waals surface area contributed by atoms with E-state index in [9.17, 15) is 4.79 Å². The number of hydrogen-bond donors (Lipinski definition) is 1. The van der Waals surface area contributed by atoms with Crippen molar-refractivity contribution in [3.63, 3.8) is 0 Å². The molecule has 1 amide bonds. The second kappa shape index (κ2) is 9.53. The minimum absolute atomic E-state index is 0.0930. The van der Waals surface area contributed by atoms with Crippen molar-refractivity contribution < 1.29 is 9.53 Å². The van der Waals surface area contributed by atoms with Gasteiger partial charge in [-0.05, 0) is 77.8 Å². The van der Waals surface area contributed by atoms with E-state index in [1.807, 2.05) is 62.4 Å². The number of carbonyl (C=O) groups excluding carboxylic acids is 1. The van der Waals surface area contributed by atoms with E-state index in [-0.39, 0.29) is 11.7 Å². The van der Waals surface area contributed by atoms with Gasteiger partial charge in [0.2, 0.25) is 5.91 Å². The molecular weight excluding hydrogens is 476 g/mol.